The molecule has 1 N–H and O–H groups in total. The van der Waals surface area contributed by atoms with Crippen molar-refractivity contribution < 1.29 is 31.2 Å². The van der Waals surface area contributed by atoms with Gasteiger partial charge in [0.05, 0.1) is 4.90 Å². The summed E-state index contributed by atoms with van der Waals surface area (Å²) in [5.74, 6) is -0.180. The quantitative estimate of drug-likeness (QED) is 0.770. The molecule has 2 amide bonds. The van der Waals surface area contributed by atoms with E-state index < -0.39 is 26.1 Å². The van der Waals surface area contributed by atoms with Gasteiger partial charge in [-0.3, -0.25) is 9.59 Å². The molecule has 2 fully saturated rings. The average Bonchev–Trinajstić information content (AvgIpc) is 2.73. The predicted molar refractivity (Wildman–Crippen MR) is 103 cm³/mol. The SMILES string of the molecule is O=C(NC1CCN(C(=O)C2CCCCC2)CC1)c1ccc(S(=O)(=O)C(F)(F)F)cc1. The summed E-state index contributed by atoms with van der Waals surface area (Å²) < 4.78 is 60.6. The Balaban J connectivity index is 1.53. The zero-order valence-corrected chi connectivity index (χ0v) is 17.3. The Morgan fingerprint density at radius 2 is 1.50 bits per heavy atom. The zero-order chi connectivity index (χ0) is 21.9. The highest BCUT2D eigenvalue weighted by Crippen LogP contribution is 2.30. The van der Waals surface area contributed by atoms with Gasteiger partial charge in [-0.2, -0.15) is 13.2 Å². The van der Waals surface area contributed by atoms with Crippen LogP contribution >= 0.6 is 0 Å². The van der Waals surface area contributed by atoms with Crippen molar-refractivity contribution in [2.75, 3.05) is 13.1 Å². The largest absolute Gasteiger partial charge is 0.501 e. The summed E-state index contributed by atoms with van der Waals surface area (Å²) in [6.07, 6.45) is 6.44. The first-order valence-corrected chi connectivity index (χ1v) is 11.6. The van der Waals surface area contributed by atoms with E-state index in [-0.39, 0.29) is 23.4 Å². The van der Waals surface area contributed by atoms with Crippen LogP contribution in [0, 0.1) is 5.92 Å². The van der Waals surface area contributed by atoms with Gasteiger partial charge in [0.2, 0.25) is 5.91 Å². The minimum absolute atomic E-state index is 0.0804. The topological polar surface area (TPSA) is 83.6 Å². The highest BCUT2D eigenvalue weighted by atomic mass is 32.2. The van der Waals surface area contributed by atoms with Gasteiger partial charge in [0.25, 0.3) is 15.7 Å². The summed E-state index contributed by atoms with van der Waals surface area (Å²) in [6, 6.07) is 3.55. The van der Waals surface area contributed by atoms with Gasteiger partial charge in [0.15, 0.2) is 0 Å². The molecule has 1 heterocycles. The van der Waals surface area contributed by atoms with Crippen LogP contribution in [0.3, 0.4) is 0 Å². The lowest BCUT2D eigenvalue weighted by Gasteiger charge is -2.35. The summed E-state index contributed by atoms with van der Waals surface area (Å²) in [5.41, 5.74) is -5.31. The zero-order valence-electron chi connectivity index (χ0n) is 16.5. The van der Waals surface area contributed by atoms with E-state index in [4.69, 9.17) is 0 Å². The van der Waals surface area contributed by atoms with Crippen LogP contribution in [0.15, 0.2) is 29.2 Å². The van der Waals surface area contributed by atoms with E-state index in [1.54, 1.807) is 0 Å². The molecule has 3 rings (SSSR count). The number of halogens is 3. The fraction of sp³-hybridized carbons (Fsp3) is 0.600. The molecule has 1 aromatic carbocycles. The number of alkyl halides is 3. The molecule has 1 saturated carbocycles. The maximum Gasteiger partial charge on any atom is 0.501 e. The number of piperidine rings is 1. The van der Waals surface area contributed by atoms with Gasteiger partial charge in [0.1, 0.15) is 0 Å². The van der Waals surface area contributed by atoms with Gasteiger partial charge in [-0.15, -0.1) is 0 Å². The van der Waals surface area contributed by atoms with E-state index in [0.717, 1.165) is 49.9 Å². The van der Waals surface area contributed by atoms with Gasteiger partial charge in [-0.1, -0.05) is 19.3 Å². The lowest BCUT2D eigenvalue weighted by molar-refractivity contribution is -0.137. The number of hydrogen-bond donors (Lipinski definition) is 1. The Bertz CT molecular complexity index is 870. The lowest BCUT2D eigenvalue weighted by Crippen LogP contribution is -2.48. The third-order valence-electron chi connectivity index (χ3n) is 5.83. The summed E-state index contributed by atoms with van der Waals surface area (Å²) >= 11 is 0. The molecule has 0 atom stereocenters. The number of sulfone groups is 1. The van der Waals surface area contributed by atoms with Crippen molar-refractivity contribution in [1.29, 1.82) is 0 Å². The molecule has 0 radical (unpaired) electrons. The van der Waals surface area contributed by atoms with Crippen LogP contribution in [0.5, 0.6) is 0 Å². The first kappa shape index (κ1) is 22.6. The van der Waals surface area contributed by atoms with E-state index in [0.29, 0.717) is 25.9 Å². The maximum atomic E-state index is 12.6. The minimum atomic E-state index is -5.44. The Labute approximate surface area is 173 Å². The Morgan fingerprint density at radius 3 is 2.03 bits per heavy atom. The molecule has 1 aliphatic heterocycles. The molecule has 10 heteroatoms. The Hall–Kier alpha value is -2.10. The monoisotopic (exact) mass is 446 g/mol. The number of hydrogen-bond acceptors (Lipinski definition) is 4. The second-order valence-corrected chi connectivity index (χ2v) is 9.82. The van der Waals surface area contributed by atoms with Crippen LogP contribution < -0.4 is 5.32 Å². The number of benzene rings is 1. The molecule has 0 unspecified atom stereocenters. The van der Waals surface area contributed by atoms with E-state index in [2.05, 4.69) is 5.32 Å². The summed E-state index contributed by atoms with van der Waals surface area (Å²) in [7, 11) is -5.44. The summed E-state index contributed by atoms with van der Waals surface area (Å²) in [6.45, 7) is 1.12. The van der Waals surface area contributed by atoms with Gasteiger partial charge < -0.3 is 10.2 Å². The number of nitrogens with one attached hydrogen (secondary N) is 1. The van der Waals surface area contributed by atoms with Crippen LogP contribution in [0.2, 0.25) is 0 Å². The molecule has 1 saturated heterocycles. The molecule has 0 spiro atoms. The number of nitrogens with zero attached hydrogens (tertiary/aromatic N) is 1. The van der Waals surface area contributed by atoms with Crippen molar-refractivity contribution in [2.45, 2.75) is 61.4 Å². The molecule has 2 aliphatic rings. The van der Waals surface area contributed by atoms with Crippen molar-refractivity contribution in [1.82, 2.24) is 10.2 Å². The van der Waals surface area contributed by atoms with E-state index in [1.807, 2.05) is 4.90 Å². The molecule has 6 nitrogen and oxygen atoms in total. The number of rotatable bonds is 4. The van der Waals surface area contributed by atoms with Crippen LogP contribution in [0.4, 0.5) is 13.2 Å². The van der Waals surface area contributed by atoms with Crippen molar-refractivity contribution >= 4 is 21.7 Å². The molecule has 1 aromatic rings. The Kier molecular flexibility index (Phi) is 6.74. The fourth-order valence-electron chi connectivity index (χ4n) is 4.04. The molecule has 30 heavy (non-hydrogen) atoms. The number of likely N-dealkylation sites (tertiary alicyclic amines) is 1. The Morgan fingerprint density at radius 1 is 0.933 bits per heavy atom. The highest BCUT2D eigenvalue weighted by molar-refractivity contribution is 7.92. The maximum absolute atomic E-state index is 12.6. The standard InChI is InChI=1S/C20H25F3N2O4S/c21-20(22,23)30(28,29)17-8-6-14(7-9-17)18(26)24-16-10-12-25(13-11-16)19(27)15-4-2-1-3-5-15/h6-9,15-16H,1-5,10-13H2,(H,24,26). The first-order chi connectivity index (χ1) is 14.1. The van der Waals surface area contributed by atoms with Crippen molar-refractivity contribution in [3.63, 3.8) is 0 Å². The molecule has 1 aliphatic carbocycles. The van der Waals surface area contributed by atoms with Crippen LogP contribution in [-0.2, 0) is 14.6 Å². The summed E-state index contributed by atoms with van der Waals surface area (Å²) in [4.78, 5) is 25.9. The van der Waals surface area contributed by atoms with Crippen molar-refractivity contribution in [3.8, 4) is 0 Å². The van der Waals surface area contributed by atoms with Gasteiger partial charge in [-0.25, -0.2) is 8.42 Å². The third-order valence-corrected chi connectivity index (χ3v) is 7.33. The molecule has 0 bridgehead atoms. The molecular weight excluding hydrogens is 421 g/mol. The van der Waals surface area contributed by atoms with Crippen molar-refractivity contribution in [2.24, 2.45) is 5.92 Å². The summed E-state index contributed by atoms with van der Waals surface area (Å²) in [5, 5.41) is 2.81. The van der Waals surface area contributed by atoms with E-state index in [9.17, 15) is 31.2 Å². The second-order valence-electron chi connectivity index (χ2n) is 7.88. The number of carbonyl (C=O) groups excluding carboxylic acids is 2. The van der Waals surface area contributed by atoms with Gasteiger partial charge in [-0.05, 0) is 49.9 Å². The predicted octanol–water partition coefficient (Wildman–Crippen LogP) is 3.28. The van der Waals surface area contributed by atoms with Gasteiger partial charge in [0, 0.05) is 30.6 Å². The average molecular weight is 446 g/mol. The van der Waals surface area contributed by atoms with Crippen LogP contribution in [0.1, 0.15) is 55.3 Å². The fourth-order valence-corrected chi connectivity index (χ4v) is 4.80. The van der Waals surface area contributed by atoms with Gasteiger partial charge >= 0.3 is 5.51 Å². The molecule has 166 valence electrons. The van der Waals surface area contributed by atoms with Crippen molar-refractivity contribution in [3.05, 3.63) is 29.8 Å². The van der Waals surface area contributed by atoms with Crippen LogP contribution in [-0.4, -0.2) is 49.8 Å². The van der Waals surface area contributed by atoms with Crippen LogP contribution in [0.25, 0.3) is 0 Å². The third kappa shape index (κ3) is 4.96. The van der Waals surface area contributed by atoms with E-state index in [1.165, 1.54) is 6.42 Å². The minimum Gasteiger partial charge on any atom is -0.349 e. The first-order valence-electron chi connectivity index (χ1n) is 10.1. The van der Waals surface area contributed by atoms with E-state index >= 15 is 0 Å². The molecular formula is C20H25F3N2O4S. The molecule has 0 aromatic heterocycles. The lowest BCUT2D eigenvalue weighted by atomic mass is 9.87. The number of carbonyl (C=O) groups is 2. The highest BCUT2D eigenvalue weighted by Gasteiger charge is 2.46. The number of amides is 2. The smallest absolute Gasteiger partial charge is 0.349 e. The second kappa shape index (κ2) is 8.95. The normalized spacial score (nSPS) is 19.5.